The molecule has 1 aromatic rings. The van der Waals surface area contributed by atoms with Crippen molar-refractivity contribution in [2.24, 2.45) is 0 Å². The van der Waals surface area contributed by atoms with Crippen LogP contribution in [0.2, 0.25) is 0 Å². The molecule has 0 unspecified atom stereocenters. The van der Waals surface area contributed by atoms with Gasteiger partial charge in [-0.05, 0) is 26.3 Å². The fourth-order valence-corrected chi connectivity index (χ4v) is 2.13. The van der Waals surface area contributed by atoms with Crippen molar-refractivity contribution in [3.05, 3.63) is 35.9 Å². The number of morpholine rings is 1. The van der Waals surface area contributed by atoms with Crippen LogP contribution < -0.4 is 0 Å². The van der Waals surface area contributed by atoms with Crippen molar-refractivity contribution in [2.75, 3.05) is 19.7 Å². The van der Waals surface area contributed by atoms with Gasteiger partial charge in [0.1, 0.15) is 0 Å². The van der Waals surface area contributed by atoms with E-state index in [1.165, 1.54) is 5.56 Å². The Morgan fingerprint density at radius 2 is 1.88 bits per heavy atom. The maximum Gasteiger partial charge on any atom is 0.0952 e. The third kappa shape index (κ3) is 2.63. The summed E-state index contributed by atoms with van der Waals surface area (Å²) in [5, 5.41) is 0. The highest BCUT2D eigenvalue weighted by Crippen LogP contribution is 2.26. The van der Waals surface area contributed by atoms with E-state index in [4.69, 9.17) is 4.74 Å². The first kappa shape index (κ1) is 11.6. The second kappa shape index (κ2) is 4.56. The molecular formula is C14H21NO. The minimum Gasteiger partial charge on any atom is -0.371 e. The molecule has 0 spiro atoms. The average Bonchev–Trinajstić information content (AvgIpc) is 2.29. The van der Waals surface area contributed by atoms with Crippen molar-refractivity contribution in [1.82, 2.24) is 4.90 Å². The van der Waals surface area contributed by atoms with Gasteiger partial charge in [0, 0.05) is 18.6 Å². The molecule has 1 fully saturated rings. The summed E-state index contributed by atoms with van der Waals surface area (Å²) in [5.74, 6) is 0. The van der Waals surface area contributed by atoms with Crippen LogP contribution in [0.1, 0.15) is 32.4 Å². The summed E-state index contributed by atoms with van der Waals surface area (Å²) in [5.41, 5.74) is 1.52. The van der Waals surface area contributed by atoms with Gasteiger partial charge in [-0.15, -0.1) is 0 Å². The molecule has 1 aromatic carbocycles. The van der Waals surface area contributed by atoms with Gasteiger partial charge in [0.2, 0.25) is 0 Å². The lowest BCUT2D eigenvalue weighted by atomic mass is 10.0. The molecule has 0 saturated carbocycles. The molecule has 0 N–H and O–H groups in total. The fraction of sp³-hybridized carbons (Fsp3) is 0.571. The Bertz CT molecular complexity index is 328. The molecule has 1 aliphatic heterocycles. The van der Waals surface area contributed by atoms with Crippen molar-refractivity contribution < 1.29 is 4.74 Å². The van der Waals surface area contributed by atoms with Gasteiger partial charge in [-0.3, -0.25) is 4.90 Å². The first-order valence-electron chi connectivity index (χ1n) is 5.99. The quantitative estimate of drug-likeness (QED) is 0.720. The van der Waals surface area contributed by atoms with Gasteiger partial charge in [0.15, 0.2) is 0 Å². The SMILES string of the molecule is CC(C)(C)N1CCO[C@@H](c2ccccc2)C1. The molecule has 1 saturated heterocycles. The van der Waals surface area contributed by atoms with E-state index in [1.54, 1.807) is 0 Å². The second-order valence-corrected chi connectivity index (χ2v) is 5.39. The molecule has 0 aliphatic carbocycles. The summed E-state index contributed by atoms with van der Waals surface area (Å²) in [7, 11) is 0. The van der Waals surface area contributed by atoms with E-state index >= 15 is 0 Å². The average molecular weight is 219 g/mol. The number of ether oxygens (including phenoxy) is 1. The summed E-state index contributed by atoms with van der Waals surface area (Å²) >= 11 is 0. The van der Waals surface area contributed by atoms with Crippen LogP contribution in [0.15, 0.2) is 30.3 Å². The maximum absolute atomic E-state index is 5.85. The lowest BCUT2D eigenvalue weighted by Crippen LogP contribution is -2.48. The minimum absolute atomic E-state index is 0.231. The van der Waals surface area contributed by atoms with Crippen LogP contribution in [0.3, 0.4) is 0 Å². The highest BCUT2D eigenvalue weighted by atomic mass is 16.5. The molecule has 16 heavy (non-hydrogen) atoms. The predicted molar refractivity (Wildman–Crippen MR) is 66.5 cm³/mol. The Kier molecular flexibility index (Phi) is 3.31. The molecular weight excluding hydrogens is 198 g/mol. The topological polar surface area (TPSA) is 12.5 Å². The Morgan fingerprint density at radius 3 is 2.50 bits per heavy atom. The lowest BCUT2D eigenvalue weighted by molar-refractivity contribution is -0.0596. The van der Waals surface area contributed by atoms with Crippen LogP contribution in [0.4, 0.5) is 0 Å². The third-order valence-corrected chi connectivity index (χ3v) is 3.19. The van der Waals surface area contributed by atoms with Gasteiger partial charge in [0.25, 0.3) is 0 Å². The number of hydrogen-bond acceptors (Lipinski definition) is 2. The minimum atomic E-state index is 0.231. The van der Waals surface area contributed by atoms with E-state index in [0.717, 1.165) is 19.7 Å². The van der Waals surface area contributed by atoms with Crippen molar-refractivity contribution >= 4 is 0 Å². The molecule has 1 heterocycles. The molecule has 1 aliphatic rings. The van der Waals surface area contributed by atoms with Crippen LogP contribution in [-0.4, -0.2) is 30.1 Å². The summed E-state index contributed by atoms with van der Waals surface area (Å²) in [6.45, 7) is 9.65. The summed E-state index contributed by atoms with van der Waals surface area (Å²) in [6.07, 6.45) is 0.231. The predicted octanol–water partition coefficient (Wildman–Crippen LogP) is 2.86. The molecule has 1 atom stereocenters. The molecule has 0 amide bonds. The van der Waals surface area contributed by atoms with Crippen molar-refractivity contribution in [2.45, 2.75) is 32.4 Å². The first-order chi connectivity index (χ1) is 7.57. The number of hydrogen-bond donors (Lipinski definition) is 0. The zero-order chi connectivity index (χ0) is 11.6. The van der Waals surface area contributed by atoms with Crippen LogP contribution in [-0.2, 0) is 4.74 Å². The Balaban J connectivity index is 2.08. The van der Waals surface area contributed by atoms with E-state index in [1.807, 2.05) is 6.07 Å². The highest BCUT2D eigenvalue weighted by molar-refractivity contribution is 5.18. The van der Waals surface area contributed by atoms with E-state index in [9.17, 15) is 0 Å². The van der Waals surface area contributed by atoms with Crippen LogP contribution in [0, 0.1) is 0 Å². The third-order valence-electron chi connectivity index (χ3n) is 3.19. The van der Waals surface area contributed by atoms with Crippen LogP contribution in [0.25, 0.3) is 0 Å². The largest absolute Gasteiger partial charge is 0.371 e. The maximum atomic E-state index is 5.85. The van der Waals surface area contributed by atoms with E-state index in [2.05, 4.69) is 49.9 Å². The summed E-state index contributed by atoms with van der Waals surface area (Å²) < 4.78 is 5.85. The lowest BCUT2D eigenvalue weighted by Gasteiger charge is -2.41. The van der Waals surface area contributed by atoms with Gasteiger partial charge in [-0.25, -0.2) is 0 Å². The monoisotopic (exact) mass is 219 g/mol. The Morgan fingerprint density at radius 1 is 1.19 bits per heavy atom. The Labute approximate surface area is 98.2 Å². The molecule has 0 bridgehead atoms. The zero-order valence-electron chi connectivity index (χ0n) is 10.4. The van der Waals surface area contributed by atoms with Crippen molar-refractivity contribution in [3.63, 3.8) is 0 Å². The van der Waals surface area contributed by atoms with Gasteiger partial charge in [-0.2, -0.15) is 0 Å². The summed E-state index contributed by atoms with van der Waals surface area (Å²) in [4.78, 5) is 2.49. The zero-order valence-corrected chi connectivity index (χ0v) is 10.4. The Hall–Kier alpha value is -0.860. The molecule has 2 rings (SSSR count). The fourth-order valence-electron chi connectivity index (χ4n) is 2.13. The number of rotatable bonds is 1. The normalized spacial score (nSPS) is 23.3. The van der Waals surface area contributed by atoms with Gasteiger partial charge >= 0.3 is 0 Å². The highest BCUT2D eigenvalue weighted by Gasteiger charge is 2.28. The smallest absolute Gasteiger partial charge is 0.0952 e. The van der Waals surface area contributed by atoms with Crippen molar-refractivity contribution in [3.8, 4) is 0 Å². The van der Waals surface area contributed by atoms with Crippen molar-refractivity contribution in [1.29, 1.82) is 0 Å². The molecule has 0 radical (unpaired) electrons. The molecule has 0 aromatic heterocycles. The standard InChI is InChI=1S/C14H21NO/c1-14(2,3)15-9-10-16-13(11-15)12-7-5-4-6-8-12/h4-8,13H,9-11H2,1-3H3/t13-/m1/s1. The number of nitrogens with zero attached hydrogens (tertiary/aromatic N) is 1. The van der Waals surface area contributed by atoms with Gasteiger partial charge in [0.05, 0.1) is 12.7 Å². The first-order valence-corrected chi connectivity index (χ1v) is 5.99. The van der Waals surface area contributed by atoms with E-state index < -0.39 is 0 Å². The van der Waals surface area contributed by atoms with E-state index in [-0.39, 0.29) is 11.6 Å². The summed E-state index contributed by atoms with van der Waals surface area (Å²) in [6, 6.07) is 10.5. The van der Waals surface area contributed by atoms with E-state index in [0.29, 0.717) is 0 Å². The molecule has 2 nitrogen and oxygen atoms in total. The molecule has 88 valence electrons. The second-order valence-electron chi connectivity index (χ2n) is 5.39. The van der Waals surface area contributed by atoms with Crippen LogP contribution in [0.5, 0.6) is 0 Å². The molecule has 2 heteroatoms. The van der Waals surface area contributed by atoms with Gasteiger partial charge < -0.3 is 4.74 Å². The number of benzene rings is 1. The van der Waals surface area contributed by atoms with Gasteiger partial charge in [-0.1, -0.05) is 30.3 Å². The van der Waals surface area contributed by atoms with Crippen LogP contribution >= 0.6 is 0 Å².